The zero-order valence-corrected chi connectivity index (χ0v) is 12.4. The molecule has 0 saturated heterocycles. The average molecular weight is 297 g/mol. The van der Waals surface area contributed by atoms with Crippen molar-refractivity contribution in [3.8, 4) is 33.3 Å². The first-order valence-electron chi connectivity index (χ1n) is 6.74. The number of hydrogen-bond acceptors (Lipinski definition) is 4. The lowest BCUT2D eigenvalue weighted by molar-refractivity contribution is 0.340. The lowest BCUT2D eigenvalue weighted by Gasteiger charge is -2.03. The molecular formula is C17H15NO2S. The van der Waals surface area contributed by atoms with E-state index >= 15 is 0 Å². The highest BCUT2D eigenvalue weighted by molar-refractivity contribution is 7.13. The molecular weight excluding hydrogens is 282 g/mol. The Bertz CT molecular complexity index is 735. The Morgan fingerprint density at radius 3 is 2.62 bits per heavy atom. The summed E-state index contributed by atoms with van der Waals surface area (Å²) in [5.74, 6) is 1.12. The van der Waals surface area contributed by atoms with Crippen LogP contribution < -0.4 is 4.74 Å². The summed E-state index contributed by atoms with van der Waals surface area (Å²) in [6.07, 6.45) is 0. The number of ether oxygens (including phenoxy) is 1. The van der Waals surface area contributed by atoms with Crippen LogP contribution in [0.2, 0.25) is 0 Å². The maximum atomic E-state index is 9.54. The van der Waals surface area contributed by atoms with Crippen LogP contribution in [0.4, 0.5) is 0 Å². The van der Waals surface area contributed by atoms with Crippen LogP contribution in [0.1, 0.15) is 6.92 Å². The second-order valence-electron chi connectivity index (χ2n) is 4.55. The average Bonchev–Trinajstić information content (AvgIpc) is 2.98. The summed E-state index contributed by atoms with van der Waals surface area (Å²) >= 11 is 1.57. The molecule has 0 atom stereocenters. The molecule has 1 N–H and O–H groups in total. The van der Waals surface area contributed by atoms with Crippen molar-refractivity contribution in [2.75, 3.05) is 6.61 Å². The first-order chi connectivity index (χ1) is 10.3. The van der Waals surface area contributed by atoms with Crippen LogP contribution in [-0.4, -0.2) is 16.7 Å². The summed E-state index contributed by atoms with van der Waals surface area (Å²) in [5, 5.41) is 12.5. The number of nitrogens with zero attached hydrogens (tertiary/aromatic N) is 1. The summed E-state index contributed by atoms with van der Waals surface area (Å²) in [6.45, 7) is 2.63. The fourth-order valence-electron chi connectivity index (χ4n) is 2.07. The van der Waals surface area contributed by atoms with E-state index in [4.69, 9.17) is 4.74 Å². The molecule has 21 heavy (non-hydrogen) atoms. The standard InChI is InChI=1S/C17H15NO2S/c1-2-20-15-8-6-12(7-9-15)16-11-21-17(18-16)13-4-3-5-14(19)10-13/h3-11,19H,2H2,1H3. The van der Waals surface area contributed by atoms with Gasteiger partial charge in [0.25, 0.3) is 0 Å². The van der Waals surface area contributed by atoms with Gasteiger partial charge in [-0.05, 0) is 43.3 Å². The zero-order chi connectivity index (χ0) is 14.7. The Morgan fingerprint density at radius 1 is 1.10 bits per heavy atom. The topological polar surface area (TPSA) is 42.4 Å². The zero-order valence-electron chi connectivity index (χ0n) is 11.6. The number of aromatic nitrogens is 1. The van der Waals surface area contributed by atoms with Gasteiger partial charge in [0.2, 0.25) is 0 Å². The molecule has 1 aromatic heterocycles. The third-order valence-electron chi connectivity index (χ3n) is 3.06. The van der Waals surface area contributed by atoms with Gasteiger partial charge in [0.1, 0.15) is 16.5 Å². The molecule has 106 valence electrons. The SMILES string of the molecule is CCOc1ccc(-c2csc(-c3cccc(O)c3)n2)cc1. The molecule has 0 saturated carbocycles. The van der Waals surface area contributed by atoms with Crippen LogP contribution in [0.15, 0.2) is 53.9 Å². The molecule has 0 spiro atoms. The number of benzene rings is 2. The van der Waals surface area contributed by atoms with E-state index in [1.165, 1.54) is 0 Å². The fraction of sp³-hybridized carbons (Fsp3) is 0.118. The van der Waals surface area contributed by atoms with Crippen molar-refractivity contribution in [1.82, 2.24) is 4.98 Å². The number of phenolic OH excluding ortho intramolecular Hbond substituents is 1. The van der Waals surface area contributed by atoms with Gasteiger partial charge < -0.3 is 9.84 Å². The van der Waals surface area contributed by atoms with E-state index in [1.54, 1.807) is 23.5 Å². The summed E-state index contributed by atoms with van der Waals surface area (Å²) < 4.78 is 5.44. The molecule has 0 aliphatic carbocycles. The van der Waals surface area contributed by atoms with Gasteiger partial charge in [-0.3, -0.25) is 0 Å². The highest BCUT2D eigenvalue weighted by Gasteiger charge is 2.07. The molecule has 0 aliphatic heterocycles. The van der Waals surface area contributed by atoms with E-state index in [1.807, 2.05) is 48.7 Å². The van der Waals surface area contributed by atoms with Crippen molar-refractivity contribution >= 4 is 11.3 Å². The summed E-state index contributed by atoms with van der Waals surface area (Å²) in [5.41, 5.74) is 2.92. The summed E-state index contributed by atoms with van der Waals surface area (Å²) in [7, 11) is 0. The van der Waals surface area contributed by atoms with E-state index in [-0.39, 0.29) is 5.75 Å². The highest BCUT2D eigenvalue weighted by Crippen LogP contribution is 2.31. The molecule has 4 heteroatoms. The van der Waals surface area contributed by atoms with Gasteiger partial charge in [0, 0.05) is 16.5 Å². The third kappa shape index (κ3) is 3.06. The van der Waals surface area contributed by atoms with E-state index in [9.17, 15) is 5.11 Å². The molecule has 2 aromatic carbocycles. The number of phenols is 1. The number of thiazole rings is 1. The van der Waals surface area contributed by atoms with Crippen molar-refractivity contribution in [2.45, 2.75) is 6.92 Å². The predicted octanol–water partition coefficient (Wildman–Crippen LogP) is 4.58. The van der Waals surface area contributed by atoms with Gasteiger partial charge in [0.15, 0.2) is 0 Å². The van der Waals surface area contributed by atoms with E-state index in [0.29, 0.717) is 6.61 Å². The van der Waals surface area contributed by atoms with Crippen LogP contribution >= 0.6 is 11.3 Å². The van der Waals surface area contributed by atoms with Gasteiger partial charge in [0.05, 0.1) is 12.3 Å². The van der Waals surface area contributed by atoms with Crippen molar-refractivity contribution in [3.05, 3.63) is 53.9 Å². The quantitative estimate of drug-likeness (QED) is 0.766. The molecule has 0 fully saturated rings. The van der Waals surface area contributed by atoms with Gasteiger partial charge in [-0.1, -0.05) is 12.1 Å². The number of aromatic hydroxyl groups is 1. The fourth-order valence-corrected chi connectivity index (χ4v) is 2.89. The Morgan fingerprint density at radius 2 is 1.90 bits per heavy atom. The maximum Gasteiger partial charge on any atom is 0.124 e. The van der Waals surface area contributed by atoms with E-state index < -0.39 is 0 Å². The van der Waals surface area contributed by atoms with Gasteiger partial charge in [-0.15, -0.1) is 11.3 Å². The van der Waals surface area contributed by atoms with Crippen molar-refractivity contribution < 1.29 is 9.84 Å². The Kier molecular flexibility index (Phi) is 3.88. The van der Waals surface area contributed by atoms with Gasteiger partial charge in [-0.25, -0.2) is 4.98 Å². The predicted molar refractivity (Wildman–Crippen MR) is 85.8 cm³/mol. The molecule has 0 aliphatic rings. The van der Waals surface area contributed by atoms with Gasteiger partial charge >= 0.3 is 0 Å². The third-order valence-corrected chi connectivity index (χ3v) is 3.95. The molecule has 3 nitrogen and oxygen atoms in total. The minimum atomic E-state index is 0.255. The monoisotopic (exact) mass is 297 g/mol. The molecule has 0 radical (unpaired) electrons. The molecule has 0 bridgehead atoms. The van der Waals surface area contributed by atoms with Gasteiger partial charge in [-0.2, -0.15) is 0 Å². The summed E-state index contributed by atoms with van der Waals surface area (Å²) in [4.78, 5) is 4.63. The van der Waals surface area contributed by atoms with E-state index in [0.717, 1.165) is 27.6 Å². The molecule has 0 unspecified atom stereocenters. The second kappa shape index (κ2) is 5.97. The first-order valence-corrected chi connectivity index (χ1v) is 7.62. The van der Waals surface area contributed by atoms with Crippen LogP contribution in [0, 0.1) is 0 Å². The number of hydrogen-bond donors (Lipinski definition) is 1. The van der Waals surface area contributed by atoms with Crippen molar-refractivity contribution in [1.29, 1.82) is 0 Å². The minimum absolute atomic E-state index is 0.255. The smallest absolute Gasteiger partial charge is 0.124 e. The van der Waals surface area contributed by atoms with Crippen LogP contribution in [0.3, 0.4) is 0 Å². The van der Waals surface area contributed by atoms with Crippen LogP contribution in [0.5, 0.6) is 11.5 Å². The molecule has 1 heterocycles. The minimum Gasteiger partial charge on any atom is -0.508 e. The molecule has 3 aromatic rings. The van der Waals surface area contributed by atoms with Crippen LogP contribution in [-0.2, 0) is 0 Å². The Hall–Kier alpha value is -2.33. The van der Waals surface area contributed by atoms with Crippen molar-refractivity contribution in [2.24, 2.45) is 0 Å². The highest BCUT2D eigenvalue weighted by atomic mass is 32.1. The normalized spacial score (nSPS) is 10.5. The summed E-state index contributed by atoms with van der Waals surface area (Å²) in [6, 6.07) is 15.1. The lowest BCUT2D eigenvalue weighted by Crippen LogP contribution is -1.90. The first kappa shape index (κ1) is 13.6. The number of rotatable bonds is 4. The largest absolute Gasteiger partial charge is 0.508 e. The molecule has 3 rings (SSSR count). The Labute approximate surface area is 127 Å². The molecule has 0 amide bonds. The van der Waals surface area contributed by atoms with Crippen molar-refractivity contribution in [3.63, 3.8) is 0 Å². The van der Waals surface area contributed by atoms with E-state index in [2.05, 4.69) is 4.98 Å². The Balaban J connectivity index is 1.87. The second-order valence-corrected chi connectivity index (χ2v) is 5.40. The maximum absolute atomic E-state index is 9.54. The van der Waals surface area contributed by atoms with Crippen LogP contribution in [0.25, 0.3) is 21.8 Å². The lowest BCUT2D eigenvalue weighted by atomic mass is 10.1.